The first-order valence-corrected chi connectivity index (χ1v) is 3.28. The first-order chi connectivity index (χ1) is 4.47. The van der Waals surface area contributed by atoms with Crippen molar-refractivity contribution in [1.29, 1.82) is 0 Å². The molecule has 1 aromatic carbocycles. The average Bonchev–Trinajstić information content (AvgIpc) is 2.33. The van der Waals surface area contributed by atoms with E-state index in [4.69, 9.17) is 0 Å². The molecule has 2 rings (SSSR count). The molecule has 1 N–H and O–H groups in total. The molecule has 1 aliphatic rings. The van der Waals surface area contributed by atoms with Gasteiger partial charge in [0.25, 0.3) is 0 Å². The van der Waals surface area contributed by atoms with Crippen molar-refractivity contribution in [1.82, 2.24) is 0 Å². The van der Waals surface area contributed by atoms with Crippen LogP contribution < -0.4 is 5.32 Å². The predicted molar refractivity (Wildman–Crippen MR) is 54.1 cm³/mol. The topological polar surface area (TPSA) is 12.0 Å². The number of rotatable bonds is 0. The Morgan fingerprint density at radius 1 is 1.20 bits per heavy atom. The third-order valence-electron chi connectivity index (χ3n) is 1.73. The molecule has 0 bridgehead atoms. The van der Waals surface area contributed by atoms with Gasteiger partial charge in [-0.3, -0.25) is 0 Å². The quantitative estimate of drug-likeness (QED) is 0.693. The minimum Gasteiger partial charge on any atom is -0.384 e. The Morgan fingerprint density at radius 2 is 2.00 bits per heavy atom. The number of hydrogen-bond donors (Lipinski definition) is 1. The van der Waals surface area contributed by atoms with Crippen LogP contribution in [-0.4, -0.2) is 6.54 Å². The second-order valence-corrected chi connectivity index (χ2v) is 2.33. The van der Waals surface area contributed by atoms with Crippen LogP contribution in [0.15, 0.2) is 24.3 Å². The monoisotopic (exact) mass is 247 g/mol. The van der Waals surface area contributed by atoms with Gasteiger partial charge < -0.3 is 5.32 Å². The SMILES string of the molecule is I.c1ccc2c(c1)CCN2. The lowest BCUT2D eigenvalue weighted by molar-refractivity contribution is 1.11. The fourth-order valence-corrected chi connectivity index (χ4v) is 1.24. The Morgan fingerprint density at radius 3 is 2.80 bits per heavy atom. The lowest BCUT2D eigenvalue weighted by Crippen LogP contribution is -1.90. The molecule has 0 amide bonds. The van der Waals surface area contributed by atoms with E-state index in [1.54, 1.807) is 0 Å². The fraction of sp³-hybridized carbons (Fsp3) is 0.250. The average molecular weight is 247 g/mol. The third-order valence-corrected chi connectivity index (χ3v) is 1.73. The number of benzene rings is 1. The van der Waals surface area contributed by atoms with Gasteiger partial charge in [-0.05, 0) is 18.1 Å². The van der Waals surface area contributed by atoms with Crippen molar-refractivity contribution >= 4 is 29.7 Å². The van der Waals surface area contributed by atoms with Crippen LogP contribution in [0.25, 0.3) is 0 Å². The van der Waals surface area contributed by atoms with Gasteiger partial charge in [0.2, 0.25) is 0 Å². The molecule has 0 aliphatic carbocycles. The van der Waals surface area contributed by atoms with Gasteiger partial charge in [-0.1, -0.05) is 18.2 Å². The van der Waals surface area contributed by atoms with Gasteiger partial charge in [-0.2, -0.15) is 0 Å². The van der Waals surface area contributed by atoms with Gasteiger partial charge in [0, 0.05) is 12.2 Å². The molecular formula is C8H10IN. The van der Waals surface area contributed by atoms with E-state index in [2.05, 4.69) is 29.6 Å². The zero-order valence-electron chi connectivity index (χ0n) is 5.63. The number of hydrogen-bond acceptors (Lipinski definition) is 1. The summed E-state index contributed by atoms with van der Waals surface area (Å²) in [5, 5.41) is 3.30. The highest BCUT2D eigenvalue weighted by molar-refractivity contribution is 14.0. The summed E-state index contributed by atoms with van der Waals surface area (Å²) < 4.78 is 0. The summed E-state index contributed by atoms with van der Waals surface area (Å²) >= 11 is 0. The smallest absolute Gasteiger partial charge is 0.0373 e. The summed E-state index contributed by atoms with van der Waals surface area (Å²) in [4.78, 5) is 0. The molecular weight excluding hydrogens is 237 g/mol. The zero-order valence-corrected chi connectivity index (χ0v) is 7.96. The van der Waals surface area contributed by atoms with Gasteiger partial charge in [-0.25, -0.2) is 0 Å². The second-order valence-electron chi connectivity index (χ2n) is 2.33. The van der Waals surface area contributed by atoms with Crippen LogP contribution in [0.4, 0.5) is 5.69 Å². The Labute approximate surface area is 77.8 Å². The highest BCUT2D eigenvalue weighted by Crippen LogP contribution is 2.19. The largest absolute Gasteiger partial charge is 0.384 e. The van der Waals surface area contributed by atoms with E-state index >= 15 is 0 Å². The minimum absolute atomic E-state index is 0. The fourth-order valence-electron chi connectivity index (χ4n) is 1.24. The van der Waals surface area contributed by atoms with Gasteiger partial charge >= 0.3 is 0 Å². The molecule has 0 radical (unpaired) electrons. The molecule has 0 fully saturated rings. The maximum atomic E-state index is 3.30. The van der Waals surface area contributed by atoms with Crippen molar-refractivity contribution in [3.8, 4) is 0 Å². The molecule has 0 atom stereocenters. The molecule has 1 aliphatic heterocycles. The van der Waals surface area contributed by atoms with Crippen LogP contribution in [0.5, 0.6) is 0 Å². The molecule has 1 aromatic rings. The summed E-state index contributed by atoms with van der Waals surface area (Å²) in [6.07, 6.45) is 1.19. The van der Waals surface area contributed by atoms with E-state index in [0.717, 1.165) is 6.54 Å². The van der Waals surface area contributed by atoms with Crippen molar-refractivity contribution in [2.45, 2.75) is 6.42 Å². The van der Waals surface area contributed by atoms with Crippen molar-refractivity contribution < 1.29 is 0 Å². The van der Waals surface area contributed by atoms with Gasteiger partial charge in [0.05, 0.1) is 0 Å². The van der Waals surface area contributed by atoms with Crippen LogP contribution in [0.2, 0.25) is 0 Å². The van der Waals surface area contributed by atoms with Crippen molar-refractivity contribution in [2.24, 2.45) is 0 Å². The number of halogens is 1. The molecule has 10 heavy (non-hydrogen) atoms. The van der Waals surface area contributed by atoms with E-state index in [-0.39, 0.29) is 24.0 Å². The molecule has 0 aromatic heterocycles. The summed E-state index contributed by atoms with van der Waals surface area (Å²) in [5.74, 6) is 0. The second kappa shape index (κ2) is 3.23. The molecule has 0 saturated heterocycles. The highest BCUT2D eigenvalue weighted by Gasteiger charge is 2.05. The maximum absolute atomic E-state index is 3.30. The van der Waals surface area contributed by atoms with Crippen molar-refractivity contribution in [3.05, 3.63) is 29.8 Å². The van der Waals surface area contributed by atoms with Crippen LogP contribution in [-0.2, 0) is 6.42 Å². The molecule has 0 spiro atoms. The van der Waals surface area contributed by atoms with Gasteiger partial charge in [0.1, 0.15) is 0 Å². The standard InChI is InChI=1S/C8H9N.HI/c1-2-4-8-7(3-1)5-6-9-8;/h1-4,9H,5-6H2;1H. The molecule has 0 saturated carbocycles. The Hall–Kier alpha value is -0.250. The molecule has 54 valence electrons. The zero-order chi connectivity index (χ0) is 6.10. The molecule has 1 heterocycles. The summed E-state index contributed by atoms with van der Waals surface area (Å²) in [7, 11) is 0. The highest BCUT2D eigenvalue weighted by atomic mass is 127. The van der Waals surface area contributed by atoms with Crippen LogP contribution >= 0.6 is 24.0 Å². The Kier molecular flexibility index (Phi) is 2.54. The van der Waals surface area contributed by atoms with Crippen molar-refractivity contribution in [2.75, 3.05) is 11.9 Å². The van der Waals surface area contributed by atoms with Crippen LogP contribution in [0.1, 0.15) is 5.56 Å². The third kappa shape index (κ3) is 1.26. The predicted octanol–water partition coefficient (Wildman–Crippen LogP) is 2.27. The van der Waals surface area contributed by atoms with E-state index < -0.39 is 0 Å². The number of fused-ring (bicyclic) bond motifs is 1. The van der Waals surface area contributed by atoms with Crippen LogP contribution in [0, 0.1) is 0 Å². The van der Waals surface area contributed by atoms with E-state index in [0.29, 0.717) is 0 Å². The lowest BCUT2D eigenvalue weighted by atomic mass is 10.2. The van der Waals surface area contributed by atoms with E-state index in [9.17, 15) is 0 Å². The van der Waals surface area contributed by atoms with Crippen LogP contribution in [0.3, 0.4) is 0 Å². The van der Waals surface area contributed by atoms with E-state index in [1.807, 2.05) is 0 Å². The normalized spacial score (nSPS) is 13.2. The van der Waals surface area contributed by atoms with E-state index in [1.165, 1.54) is 17.7 Å². The summed E-state index contributed by atoms with van der Waals surface area (Å²) in [6, 6.07) is 8.46. The van der Waals surface area contributed by atoms with Crippen molar-refractivity contribution in [3.63, 3.8) is 0 Å². The number of anilines is 1. The minimum atomic E-state index is 0. The Balaban J connectivity index is 0.000000500. The molecule has 0 unspecified atom stereocenters. The Bertz CT molecular complexity index is 199. The maximum Gasteiger partial charge on any atom is 0.0373 e. The lowest BCUT2D eigenvalue weighted by Gasteiger charge is -1.94. The van der Waals surface area contributed by atoms with Gasteiger partial charge in [0.15, 0.2) is 0 Å². The summed E-state index contributed by atoms with van der Waals surface area (Å²) in [5.41, 5.74) is 2.77. The molecule has 1 nitrogen and oxygen atoms in total. The number of para-hydroxylation sites is 1. The summed E-state index contributed by atoms with van der Waals surface area (Å²) in [6.45, 7) is 1.11. The first kappa shape index (κ1) is 7.85. The number of nitrogens with one attached hydrogen (secondary N) is 1. The van der Waals surface area contributed by atoms with Gasteiger partial charge in [-0.15, -0.1) is 24.0 Å². The molecule has 2 heteroatoms. The first-order valence-electron chi connectivity index (χ1n) is 3.28.